The molecule has 0 heterocycles. The molecular formula is C21H24O. The fourth-order valence-corrected chi connectivity index (χ4v) is 4.02. The van der Waals surface area contributed by atoms with Gasteiger partial charge < -0.3 is 4.74 Å². The maximum atomic E-state index is 5.50. The Morgan fingerprint density at radius 1 is 0.727 bits per heavy atom. The van der Waals surface area contributed by atoms with Crippen LogP contribution in [0.3, 0.4) is 0 Å². The summed E-state index contributed by atoms with van der Waals surface area (Å²) in [4.78, 5) is 0. The number of hydrogen-bond donors (Lipinski definition) is 0. The first-order chi connectivity index (χ1) is 10.5. The molecule has 114 valence electrons. The van der Waals surface area contributed by atoms with Crippen molar-refractivity contribution < 1.29 is 4.74 Å². The van der Waals surface area contributed by atoms with Gasteiger partial charge in [0.1, 0.15) is 5.75 Å². The maximum absolute atomic E-state index is 5.50. The fourth-order valence-electron chi connectivity index (χ4n) is 4.02. The van der Waals surface area contributed by atoms with Crippen LogP contribution in [0.15, 0.2) is 24.3 Å². The lowest BCUT2D eigenvalue weighted by Gasteiger charge is -2.32. The van der Waals surface area contributed by atoms with Gasteiger partial charge in [0.05, 0.1) is 7.11 Å². The van der Waals surface area contributed by atoms with E-state index in [0.29, 0.717) is 0 Å². The maximum Gasteiger partial charge on any atom is 0.119 e. The van der Waals surface area contributed by atoms with Crippen LogP contribution in [0.5, 0.6) is 5.75 Å². The van der Waals surface area contributed by atoms with E-state index in [0.717, 1.165) is 31.4 Å². The lowest BCUT2D eigenvalue weighted by molar-refractivity contribution is 0.413. The average Bonchev–Trinajstić information content (AvgIpc) is 2.50. The summed E-state index contributed by atoms with van der Waals surface area (Å²) in [6.45, 7) is 6.95. The molecule has 1 nitrogen and oxygen atoms in total. The minimum absolute atomic E-state index is 0.228. The van der Waals surface area contributed by atoms with Crippen molar-refractivity contribution in [2.45, 2.75) is 51.9 Å². The van der Waals surface area contributed by atoms with Crippen molar-refractivity contribution in [2.75, 3.05) is 7.11 Å². The molecule has 2 aromatic carbocycles. The van der Waals surface area contributed by atoms with Crippen LogP contribution in [-0.4, -0.2) is 7.11 Å². The zero-order valence-electron chi connectivity index (χ0n) is 14.0. The van der Waals surface area contributed by atoms with Crippen molar-refractivity contribution in [3.8, 4) is 16.9 Å². The van der Waals surface area contributed by atoms with Gasteiger partial charge in [-0.05, 0) is 82.2 Å². The van der Waals surface area contributed by atoms with Crippen LogP contribution in [0.25, 0.3) is 11.1 Å². The first kappa shape index (κ1) is 13.9. The number of rotatable bonds is 1. The van der Waals surface area contributed by atoms with Gasteiger partial charge in [0.15, 0.2) is 0 Å². The molecule has 0 saturated heterocycles. The molecule has 0 atom stereocenters. The quantitative estimate of drug-likeness (QED) is 0.729. The lowest BCUT2D eigenvalue weighted by Crippen LogP contribution is -2.18. The predicted octanol–water partition coefficient (Wildman–Crippen LogP) is 4.86. The van der Waals surface area contributed by atoms with Gasteiger partial charge >= 0.3 is 0 Å². The highest BCUT2D eigenvalue weighted by Crippen LogP contribution is 2.45. The number of ether oxygens (including phenoxy) is 1. The molecule has 0 N–H and O–H groups in total. The van der Waals surface area contributed by atoms with E-state index < -0.39 is 0 Å². The topological polar surface area (TPSA) is 9.23 Å². The Morgan fingerprint density at radius 3 is 1.50 bits per heavy atom. The molecule has 2 aliphatic rings. The molecule has 0 unspecified atom stereocenters. The molecule has 1 heteroatoms. The first-order valence-electron chi connectivity index (χ1n) is 8.34. The van der Waals surface area contributed by atoms with E-state index in [1.54, 1.807) is 18.2 Å². The third kappa shape index (κ3) is 1.99. The van der Waals surface area contributed by atoms with Crippen LogP contribution in [0.1, 0.15) is 48.6 Å². The molecule has 0 radical (unpaired) electrons. The third-order valence-electron chi connectivity index (χ3n) is 5.26. The molecule has 2 aromatic rings. The van der Waals surface area contributed by atoms with Crippen LogP contribution < -0.4 is 4.74 Å². The van der Waals surface area contributed by atoms with Crippen LogP contribution in [0.2, 0.25) is 0 Å². The highest BCUT2D eigenvalue weighted by atomic mass is 16.5. The molecule has 0 saturated carbocycles. The normalized spacial score (nSPS) is 15.5. The van der Waals surface area contributed by atoms with Crippen LogP contribution in [-0.2, 0) is 31.1 Å². The first-order valence-corrected chi connectivity index (χ1v) is 8.34. The van der Waals surface area contributed by atoms with Gasteiger partial charge in [-0.1, -0.05) is 32.9 Å². The van der Waals surface area contributed by atoms with Gasteiger partial charge in [-0.2, -0.15) is 0 Å². The summed E-state index contributed by atoms with van der Waals surface area (Å²) in [6.07, 6.45) is 4.59. The smallest absolute Gasteiger partial charge is 0.119 e. The van der Waals surface area contributed by atoms with Gasteiger partial charge in [-0.15, -0.1) is 0 Å². The van der Waals surface area contributed by atoms with E-state index in [1.807, 2.05) is 0 Å². The Kier molecular flexibility index (Phi) is 2.91. The summed E-state index contributed by atoms with van der Waals surface area (Å²) in [5.74, 6) is 1.02. The van der Waals surface area contributed by atoms with Crippen molar-refractivity contribution in [3.05, 3.63) is 52.1 Å². The second-order valence-corrected chi connectivity index (χ2v) is 7.74. The minimum atomic E-state index is 0.228. The van der Waals surface area contributed by atoms with Crippen molar-refractivity contribution in [1.29, 1.82) is 0 Å². The Bertz CT molecular complexity index is 712. The number of hydrogen-bond acceptors (Lipinski definition) is 1. The molecule has 0 bridgehead atoms. The van der Waals surface area contributed by atoms with Crippen LogP contribution >= 0.6 is 0 Å². The van der Waals surface area contributed by atoms with Gasteiger partial charge in [-0.25, -0.2) is 0 Å². The Labute approximate surface area is 133 Å². The monoisotopic (exact) mass is 292 g/mol. The fraction of sp³-hybridized carbons (Fsp3) is 0.429. The van der Waals surface area contributed by atoms with Crippen molar-refractivity contribution in [3.63, 3.8) is 0 Å². The van der Waals surface area contributed by atoms with E-state index >= 15 is 0 Å². The zero-order chi connectivity index (χ0) is 15.5. The summed E-state index contributed by atoms with van der Waals surface area (Å²) in [5.41, 5.74) is 10.8. The summed E-state index contributed by atoms with van der Waals surface area (Å²) in [5, 5.41) is 0. The van der Waals surface area contributed by atoms with Crippen molar-refractivity contribution >= 4 is 0 Å². The Balaban J connectivity index is 1.97. The van der Waals surface area contributed by atoms with Crippen LogP contribution in [0.4, 0.5) is 0 Å². The van der Waals surface area contributed by atoms with Gasteiger partial charge in [0, 0.05) is 0 Å². The summed E-state index contributed by atoms with van der Waals surface area (Å²) >= 11 is 0. The van der Waals surface area contributed by atoms with Crippen LogP contribution in [0, 0.1) is 0 Å². The van der Waals surface area contributed by atoms with E-state index in [-0.39, 0.29) is 5.41 Å². The molecule has 0 spiro atoms. The summed E-state index contributed by atoms with van der Waals surface area (Å²) < 4.78 is 5.50. The Morgan fingerprint density at radius 2 is 1.14 bits per heavy atom. The molecular weight excluding hydrogens is 268 g/mol. The lowest BCUT2D eigenvalue weighted by atomic mass is 9.72. The molecule has 0 aliphatic heterocycles. The Hall–Kier alpha value is -1.76. The molecule has 0 aromatic heterocycles. The summed E-state index contributed by atoms with van der Waals surface area (Å²) in [6, 6.07) is 9.41. The molecule has 0 amide bonds. The van der Waals surface area contributed by atoms with E-state index in [1.165, 1.54) is 27.8 Å². The SMILES string of the molecule is COc1cc2c3c(c1)CCc1cc(C(C)(C)C)cc(c1-3)CC2. The minimum Gasteiger partial charge on any atom is -0.497 e. The van der Waals surface area contributed by atoms with Gasteiger partial charge in [-0.3, -0.25) is 0 Å². The second-order valence-electron chi connectivity index (χ2n) is 7.74. The molecule has 0 fully saturated rings. The number of methoxy groups -OCH3 is 1. The van der Waals surface area contributed by atoms with E-state index in [4.69, 9.17) is 4.74 Å². The number of benzene rings is 2. The standard InChI is InChI=1S/C21H24O/c1-21(2,3)17-9-13-5-7-15-11-18(22-4)12-16-8-6-14(10-17)19(13)20(15)16/h9-12H,5-8H2,1-4H3. The highest BCUT2D eigenvalue weighted by Gasteiger charge is 2.28. The van der Waals surface area contributed by atoms with Crippen molar-refractivity contribution in [2.24, 2.45) is 0 Å². The molecule has 4 rings (SSSR count). The molecule has 2 aliphatic carbocycles. The predicted molar refractivity (Wildman–Crippen MR) is 91.9 cm³/mol. The van der Waals surface area contributed by atoms with E-state index in [2.05, 4.69) is 45.0 Å². The summed E-state index contributed by atoms with van der Waals surface area (Å²) in [7, 11) is 1.77. The highest BCUT2D eigenvalue weighted by molar-refractivity contribution is 5.82. The largest absolute Gasteiger partial charge is 0.497 e. The van der Waals surface area contributed by atoms with Gasteiger partial charge in [0.25, 0.3) is 0 Å². The van der Waals surface area contributed by atoms with Crippen molar-refractivity contribution in [1.82, 2.24) is 0 Å². The zero-order valence-corrected chi connectivity index (χ0v) is 14.0. The molecule has 22 heavy (non-hydrogen) atoms. The third-order valence-corrected chi connectivity index (χ3v) is 5.26. The van der Waals surface area contributed by atoms with Gasteiger partial charge in [0.2, 0.25) is 0 Å². The number of aryl methyl sites for hydroxylation is 4. The second kappa shape index (κ2) is 4.62. The van der Waals surface area contributed by atoms with E-state index in [9.17, 15) is 0 Å². The average molecular weight is 292 g/mol.